The molecule has 24 heavy (non-hydrogen) atoms. The molecule has 0 bridgehead atoms. The Labute approximate surface area is 144 Å². The van der Waals surface area contributed by atoms with Crippen LogP contribution in [0.15, 0.2) is 42.5 Å². The number of rotatable bonds is 8. The molecule has 3 N–H and O–H groups in total. The maximum Gasteiger partial charge on any atom is 0.311 e. The molecule has 0 radical (unpaired) electrons. The average Bonchev–Trinajstić information content (AvgIpc) is 2.58. The molecule has 0 fully saturated rings. The maximum atomic E-state index is 11.0. The van der Waals surface area contributed by atoms with Gasteiger partial charge in [0.25, 0.3) is 0 Å². The van der Waals surface area contributed by atoms with E-state index < -0.39 is 11.0 Å². The van der Waals surface area contributed by atoms with Crippen LogP contribution in [0.25, 0.3) is 0 Å². The third-order valence-corrected chi connectivity index (χ3v) is 3.75. The van der Waals surface area contributed by atoms with Crippen LogP contribution >= 0.6 is 11.6 Å². The molecule has 1 heterocycles. The minimum atomic E-state index is -0.634. The highest BCUT2D eigenvalue weighted by Crippen LogP contribution is 2.23. The normalized spacial score (nSPS) is 13.3. The number of nitro groups is 1. The zero-order valence-electron chi connectivity index (χ0n) is 13.1. The van der Waals surface area contributed by atoms with Crippen molar-refractivity contribution in [2.75, 3.05) is 18.4 Å². The number of halogens is 1. The number of benzene rings is 1. The number of aliphatic hydroxyl groups is 1. The van der Waals surface area contributed by atoms with Crippen LogP contribution in [-0.2, 0) is 0 Å². The van der Waals surface area contributed by atoms with E-state index in [1.54, 1.807) is 0 Å². The smallest absolute Gasteiger partial charge is 0.311 e. The number of aromatic nitrogens is 1. The quantitative estimate of drug-likeness (QED) is 0.293. The predicted octanol–water partition coefficient (Wildman–Crippen LogP) is 2.77. The molecule has 1 aromatic carbocycles. The molecule has 0 aliphatic heterocycles. The van der Waals surface area contributed by atoms with E-state index in [2.05, 4.69) is 15.6 Å². The first kappa shape index (κ1) is 18.1. The van der Waals surface area contributed by atoms with E-state index in [-0.39, 0.29) is 22.7 Å². The summed E-state index contributed by atoms with van der Waals surface area (Å²) < 4.78 is 0. The number of hydrogen-bond acceptors (Lipinski definition) is 6. The third-order valence-electron chi connectivity index (χ3n) is 3.54. The molecule has 0 amide bonds. The largest absolute Gasteiger partial charge is 0.387 e. The molecule has 7 nitrogen and oxygen atoms in total. The van der Waals surface area contributed by atoms with Crippen molar-refractivity contribution in [3.63, 3.8) is 0 Å². The van der Waals surface area contributed by atoms with Crippen molar-refractivity contribution in [2.24, 2.45) is 0 Å². The molecule has 0 aliphatic rings. The Kier molecular flexibility index (Phi) is 6.48. The SMILES string of the molecule is CC(NCCNc1nc(Cl)ccc1[N+](=O)[O-])C(O)c1ccccc1. The molecule has 8 heteroatoms. The van der Waals surface area contributed by atoms with E-state index in [1.807, 2.05) is 37.3 Å². The van der Waals surface area contributed by atoms with Crippen molar-refractivity contribution in [1.82, 2.24) is 10.3 Å². The number of anilines is 1. The molecule has 2 atom stereocenters. The lowest BCUT2D eigenvalue weighted by Crippen LogP contribution is -2.35. The summed E-state index contributed by atoms with van der Waals surface area (Å²) in [6.45, 7) is 2.77. The van der Waals surface area contributed by atoms with Gasteiger partial charge in [-0.05, 0) is 18.6 Å². The number of hydrogen-bond donors (Lipinski definition) is 3. The van der Waals surface area contributed by atoms with Gasteiger partial charge in [-0.1, -0.05) is 41.9 Å². The van der Waals surface area contributed by atoms with E-state index in [1.165, 1.54) is 12.1 Å². The van der Waals surface area contributed by atoms with Crippen molar-refractivity contribution >= 4 is 23.1 Å². The minimum absolute atomic E-state index is 0.128. The van der Waals surface area contributed by atoms with Crippen LogP contribution in [-0.4, -0.2) is 34.1 Å². The number of aliphatic hydroxyl groups excluding tert-OH is 1. The van der Waals surface area contributed by atoms with E-state index >= 15 is 0 Å². The number of nitrogens with one attached hydrogen (secondary N) is 2. The molecular formula is C16H19ClN4O3. The second kappa shape index (κ2) is 8.58. The second-order valence-electron chi connectivity index (χ2n) is 5.28. The first-order valence-electron chi connectivity index (χ1n) is 7.50. The van der Waals surface area contributed by atoms with Crippen LogP contribution in [0.1, 0.15) is 18.6 Å². The van der Waals surface area contributed by atoms with Gasteiger partial charge in [-0.3, -0.25) is 10.1 Å². The standard InChI is InChI=1S/C16H19ClN4O3/c1-11(15(22)12-5-3-2-4-6-12)18-9-10-19-16-13(21(23)24)7-8-14(17)20-16/h2-8,11,15,18,22H,9-10H2,1H3,(H,19,20). The van der Waals surface area contributed by atoms with Crippen LogP contribution in [0.2, 0.25) is 5.15 Å². The summed E-state index contributed by atoms with van der Waals surface area (Å²) in [7, 11) is 0. The molecule has 0 saturated carbocycles. The van der Waals surface area contributed by atoms with Gasteiger partial charge in [0, 0.05) is 25.2 Å². The topological polar surface area (TPSA) is 100 Å². The Morgan fingerprint density at radius 2 is 1.96 bits per heavy atom. The van der Waals surface area contributed by atoms with Gasteiger partial charge in [0.2, 0.25) is 5.82 Å². The fourth-order valence-electron chi connectivity index (χ4n) is 2.24. The summed E-state index contributed by atoms with van der Waals surface area (Å²) in [6.07, 6.45) is -0.634. The maximum absolute atomic E-state index is 11.0. The first-order chi connectivity index (χ1) is 11.5. The second-order valence-corrected chi connectivity index (χ2v) is 5.67. The molecule has 2 unspecified atom stereocenters. The predicted molar refractivity (Wildman–Crippen MR) is 93.3 cm³/mol. The fourth-order valence-corrected chi connectivity index (χ4v) is 2.38. The zero-order chi connectivity index (χ0) is 17.5. The Balaban J connectivity index is 1.85. The number of pyridine rings is 1. The van der Waals surface area contributed by atoms with Gasteiger partial charge in [0.05, 0.1) is 11.0 Å². The molecule has 2 aromatic rings. The summed E-state index contributed by atoms with van der Waals surface area (Å²) in [6, 6.07) is 11.9. The van der Waals surface area contributed by atoms with Crippen molar-refractivity contribution in [1.29, 1.82) is 0 Å². The van der Waals surface area contributed by atoms with Gasteiger partial charge in [-0.15, -0.1) is 0 Å². The lowest BCUT2D eigenvalue weighted by atomic mass is 10.0. The van der Waals surface area contributed by atoms with Gasteiger partial charge in [0.15, 0.2) is 0 Å². The fraction of sp³-hybridized carbons (Fsp3) is 0.312. The van der Waals surface area contributed by atoms with Crippen molar-refractivity contribution in [3.8, 4) is 0 Å². The van der Waals surface area contributed by atoms with Gasteiger partial charge in [-0.25, -0.2) is 4.98 Å². The van der Waals surface area contributed by atoms with E-state index in [0.717, 1.165) is 5.56 Å². The van der Waals surface area contributed by atoms with Crippen LogP contribution in [0.5, 0.6) is 0 Å². The molecular weight excluding hydrogens is 332 g/mol. The highest BCUT2D eigenvalue weighted by atomic mass is 35.5. The van der Waals surface area contributed by atoms with Crippen molar-refractivity contribution < 1.29 is 10.0 Å². The lowest BCUT2D eigenvalue weighted by molar-refractivity contribution is -0.384. The Morgan fingerprint density at radius 1 is 1.25 bits per heavy atom. The van der Waals surface area contributed by atoms with E-state index in [4.69, 9.17) is 11.6 Å². The average molecular weight is 351 g/mol. The van der Waals surface area contributed by atoms with Gasteiger partial charge >= 0.3 is 5.69 Å². The molecule has 0 saturated heterocycles. The monoisotopic (exact) mass is 350 g/mol. The van der Waals surface area contributed by atoms with Crippen LogP contribution in [0.4, 0.5) is 11.5 Å². The minimum Gasteiger partial charge on any atom is -0.387 e. The summed E-state index contributed by atoms with van der Waals surface area (Å²) in [5.41, 5.74) is 0.703. The zero-order valence-corrected chi connectivity index (χ0v) is 13.9. The van der Waals surface area contributed by atoms with Gasteiger partial charge in [-0.2, -0.15) is 0 Å². The molecule has 1 aromatic heterocycles. The summed E-state index contributed by atoms with van der Waals surface area (Å²) >= 11 is 5.77. The van der Waals surface area contributed by atoms with Crippen molar-refractivity contribution in [2.45, 2.75) is 19.1 Å². The summed E-state index contributed by atoms with van der Waals surface area (Å²) in [5.74, 6) is 0.130. The molecule has 2 rings (SSSR count). The number of nitrogens with zero attached hydrogens (tertiary/aromatic N) is 2. The Morgan fingerprint density at radius 3 is 2.62 bits per heavy atom. The van der Waals surface area contributed by atoms with Crippen LogP contribution in [0, 0.1) is 10.1 Å². The Bertz CT molecular complexity index is 684. The van der Waals surface area contributed by atoms with Crippen molar-refractivity contribution in [3.05, 3.63) is 63.3 Å². The molecule has 0 spiro atoms. The lowest BCUT2D eigenvalue weighted by Gasteiger charge is -2.20. The summed E-state index contributed by atoms with van der Waals surface area (Å²) in [5, 5.41) is 27.5. The molecule has 0 aliphatic carbocycles. The van der Waals surface area contributed by atoms with Gasteiger partial charge in [0.1, 0.15) is 5.15 Å². The molecule has 128 valence electrons. The summed E-state index contributed by atoms with van der Waals surface area (Å²) in [4.78, 5) is 14.4. The van der Waals surface area contributed by atoms with Crippen LogP contribution in [0.3, 0.4) is 0 Å². The van der Waals surface area contributed by atoms with E-state index in [9.17, 15) is 15.2 Å². The van der Waals surface area contributed by atoms with Gasteiger partial charge < -0.3 is 15.7 Å². The highest BCUT2D eigenvalue weighted by Gasteiger charge is 2.17. The Hall–Kier alpha value is -2.22. The van der Waals surface area contributed by atoms with Crippen LogP contribution < -0.4 is 10.6 Å². The van der Waals surface area contributed by atoms with E-state index in [0.29, 0.717) is 13.1 Å². The highest BCUT2D eigenvalue weighted by molar-refractivity contribution is 6.29. The third kappa shape index (κ3) is 4.89. The first-order valence-corrected chi connectivity index (χ1v) is 7.88.